The Morgan fingerprint density at radius 2 is 2.03 bits per heavy atom. The Balaban J connectivity index is 0.00000420. The van der Waals surface area contributed by atoms with E-state index in [2.05, 4.69) is 38.8 Å². The molecule has 0 aliphatic rings. The highest BCUT2D eigenvalue weighted by Gasteiger charge is 2.12. The van der Waals surface area contributed by atoms with Crippen molar-refractivity contribution in [3.8, 4) is 11.5 Å². The number of methoxy groups -OCH3 is 2. The number of halogens is 1. The summed E-state index contributed by atoms with van der Waals surface area (Å²) in [7, 11) is 5.36. The fraction of sp³-hybridized carbons (Fsp3) is 0.550. The highest BCUT2D eigenvalue weighted by Crippen LogP contribution is 2.25. The minimum atomic E-state index is 0. The topological polar surface area (TPSA) is 76.8 Å². The predicted octanol–water partition coefficient (Wildman–Crippen LogP) is 2.96. The number of nitrogens with one attached hydrogen (secondary N) is 1. The van der Waals surface area contributed by atoms with Gasteiger partial charge in [-0.3, -0.25) is 4.99 Å². The zero-order valence-electron chi connectivity index (χ0n) is 18.0. The minimum Gasteiger partial charge on any atom is -0.497 e. The zero-order valence-corrected chi connectivity index (χ0v) is 20.3. The molecule has 1 aromatic carbocycles. The van der Waals surface area contributed by atoms with E-state index in [4.69, 9.17) is 14.5 Å². The van der Waals surface area contributed by atoms with Crippen molar-refractivity contribution in [2.75, 3.05) is 34.4 Å². The van der Waals surface area contributed by atoms with Gasteiger partial charge in [-0.05, 0) is 18.6 Å². The molecule has 0 spiro atoms. The Labute approximate surface area is 190 Å². The highest BCUT2D eigenvalue weighted by atomic mass is 127. The van der Waals surface area contributed by atoms with Crippen molar-refractivity contribution in [3.63, 3.8) is 0 Å². The van der Waals surface area contributed by atoms with Gasteiger partial charge in [0.2, 0.25) is 0 Å². The van der Waals surface area contributed by atoms with E-state index in [1.165, 1.54) is 0 Å². The van der Waals surface area contributed by atoms with Gasteiger partial charge in [-0.1, -0.05) is 13.8 Å². The van der Waals surface area contributed by atoms with Crippen molar-refractivity contribution in [1.82, 2.24) is 25.0 Å². The summed E-state index contributed by atoms with van der Waals surface area (Å²) < 4.78 is 12.9. The third-order valence-electron chi connectivity index (χ3n) is 4.40. The number of hydrogen-bond donors (Lipinski definition) is 1. The van der Waals surface area contributed by atoms with Gasteiger partial charge < -0.3 is 24.3 Å². The lowest BCUT2D eigenvalue weighted by atomic mass is 10.2. The Morgan fingerprint density at radius 3 is 2.69 bits per heavy atom. The number of guanidine groups is 1. The number of nitrogens with zero attached hydrogens (tertiary/aromatic N) is 5. The molecule has 1 heterocycles. The van der Waals surface area contributed by atoms with Crippen LogP contribution in [0.25, 0.3) is 0 Å². The van der Waals surface area contributed by atoms with Crippen LogP contribution in [-0.2, 0) is 19.5 Å². The number of aliphatic imine (C=N–C) groups is 1. The number of benzene rings is 1. The van der Waals surface area contributed by atoms with E-state index in [1.54, 1.807) is 20.5 Å². The van der Waals surface area contributed by atoms with Crippen LogP contribution in [0.4, 0.5) is 0 Å². The van der Waals surface area contributed by atoms with E-state index in [0.29, 0.717) is 6.54 Å². The molecular formula is C20H33IN6O2. The van der Waals surface area contributed by atoms with Crippen molar-refractivity contribution < 1.29 is 9.47 Å². The van der Waals surface area contributed by atoms with Crippen LogP contribution in [0.1, 0.15) is 31.7 Å². The summed E-state index contributed by atoms with van der Waals surface area (Å²) in [6.07, 6.45) is 3.64. The number of aromatic nitrogens is 3. The summed E-state index contributed by atoms with van der Waals surface area (Å²) in [4.78, 5) is 6.82. The van der Waals surface area contributed by atoms with Crippen LogP contribution in [0.5, 0.6) is 11.5 Å². The Morgan fingerprint density at radius 1 is 1.24 bits per heavy atom. The molecule has 2 aromatic rings. The molecule has 1 aromatic heterocycles. The van der Waals surface area contributed by atoms with Gasteiger partial charge in [0.05, 0.1) is 14.2 Å². The molecule has 0 saturated heterocycles. The lowest BCUT2D eigenvalue weighted by molar-refractivity contribution is 0.382. The molecule has 0 amide bonds. The number of ether oxygens (including phenoxy) is 2. The lowest BCUT2D eigenvalue weighted by Gasteiger charge is -2.24. The van der Waals surface area contributed by atoms with Crippen molar-refractivity contribution >= 4 is 29.9 Å². The molecule has 0 bridgehead atoms. The molecule has 0 radical (unpaired) electrons. The SMILES string of the molecule is CCCN=C(NCCn1cnnc1CC)N(C)Cc1ccc(OC)cc1OC.I. The quantitative estimate of drug-likeness (QED) is 0.297. The van der Waals surface area contributed by atoms with E-state index in [0.717, 1.165) is 61.3 Å². The van der Waals surface area contributed by atoms with Gasteiger partial charge >= 0.3 is 0 Å². The second kappa shape index (κ2) is 13.2. The standard InChI is InChI=1S/C20H32N6O2.HI/c1-6-10-21-20(22-11-12-26-15-23-24-19(26)7-2)25(3)14-16-8-9-17(27-4)13-18(16)28-5;/h8-9,13,15H,6-7,10-12,14H2,1-5H3,(H,21,22);1H. The molecule has 0 saturated carbocycles. The van der Waals surface area contributed by atoms with Gasteiger partial charge in [0, 0.05) is 51.3 Å². The van der Waals surface area contributed by atoms with Gasteiger partial charge in [0.1, 0.15) is 23.7 Å². The van der Waals surface area contributed by atoms with Crippen LogP contribution in [-0.4, -0.2) is 60.0 Å². The third kappa shape index (κ3) is 7.37. The Kier molecular flexibility index (Phi) is 11.4. The number of rotatable bonds is 10. The molecule has 9 heteroatoms. The normalized spacial score (nSPS) is 11.0. The lowest BCUT2D eigenvalue weighted by Crippen LogP contribution is -2.40. The summed E-state index contributed by atoms with van der Waals surface area (Å²) in [5.74, 6) is 3.44. The average Bonchev–Trinajstić information content (AvgIpc) is 3.18. The molecule has 8 nitrogen and oxygen atoms in total. The largest absolute Gasteiger partial charge is 0.497 e. The van der Waals surface area contributed by atoms with Gasteiger partial charge in [0.15, 0.2) is 5.96 Å². The third-order valence-corrected chi connectivity index (χ3v) is 4.40. The molecular weight excluding hydrogens is 483 g/mol. The van der Waals surface area contributed by atoms with Gasteiger partial charge in [-0.25, -0.2) is 0 Å². The molecule has 0 aliphatic heterocycles. The summed E-state index contributed by atoms with van der Waals surface area (Å²) >= 11 is 0. The first-order valence-electron chi connectivity index (χ1n) is 9.69. The van der Waals surface area contributed by atoms with Gasteiger partial charge in [-0.15, -0.1) is 34.2 Å². The molecule has 0 fully saturated rings. The maximum atomic E-state index is 5.52. The number of hydrogen-bond acceptors (Lipinski definition) is 5. The Bertz CT molecular complexity index is 765. The summed E-state index contributed by atoms with van der Waals surface area (Å²) in [6, 6.07) is 5.87. The first-order chi connectivity index (χ1) is 13.6. The van der Waals surface area contributed by atoms with Crippen LogP contribution < -0.4 is 14.8 Å². The first kappa shape index (κ1) is 25.0. The Hall–Kier alpha value is -2.04. The van der Waals surface area contributed by atoms with Crippen molar-refractivity contribution in [2.24, 2.45) is 4.99 Å². The van der Waals surface area contributed by atoms with E-state index in [-0.39, 0.29) is 24.0 Å². The molecule has 1 N–H and O–H groups in total. The molecule has 162 valence electrons. The fourth-order valence-corrected chi connectivity index (χ4v) is 2.87. The van der Waals surface area contributed by atoms with Crippen molar-refractivity contribution in [2.45, 2.75) is 39.8 Å². The maximum absolute atomic E-state index is 5.52. The zero-order chi connectivity index (χ0) is 20.4. The number of aryl methyl sites for hydroxylation is 1. The van der Waals surface area contributed by atoms with E-state index in [1.807, 2.05) is 25.2 Å². The summed E-state index contributed by atoms with van der Waals surface area (Å²) in [5.41, 5.74) is 1.07. The second-order valence-corrected chi connectivity index (χ2v) is 6.46. The summed E-state index contributed by atoms with van der Waals surface area (Å²) in [6.45, 7) is 7.20. The smallest absolute Gasteiger partial charge is 0.194 e. The highest BCUT2D eigenvalue weighted by molar-refractivity contribution is 14.0. The van der Waals surface area contributed by atoms with Crippen molar-refractivity contribution in [3.05, 3.63) is 35.9 Å². The van der Waals surface area contributed by atoms with Crippen LogP contribution >= 0.6 is 24.0 Å². The van der Waals surface area contributed by atoms with E-state index < -0.39 is 0 Å². The van der Waals surface area contributed by atoms with Crippen LogP contribution in [0.3, 0.4) is 0 Å². The van der Waals surface area contributed by atoms with Crippen molar-refractivity contribution in [1.29, 1.82) is 0 Å². The van der Waals surface area contributed by atoms with Crippen LogP contribution in [0.2, 0.25) is 0 Å². The van der Waals surface area contributed by atoms with E-state index in [9.17, 15) is 0 Å². The van der Waals surface area contributed by atoms with Gasteiger partial charge in [0.25, 0.3) is 0 Å². The van der Waals surface area contributed by atoms with Crippen LogP contribution in [0, 0.1) is 0 Å². The maximum Gasteiger partial charge on any atom is 0.194 e. The van der Waals surface area contributed by atoms with Crippen LogP contribution in [0.15, 0.2) is 29.5 Å². The first-order valence-corrected chi connectivity index (χ1v) is 9.69. The molecule has 0 atom stereocenters. The molecule has 0 aliphatic carbocycles. The monoisotopic (exact) mass is 516 g/mol. The second-order valence-electron chi connectivity index (χ2n) is 6.46. The molecule has 29 heavy (non-hydrogen) atoms. The fourth-order valence-electron chi connectivity index (χ4n) is 2.87. The predicted molar refractivity (Wildman–Crippen MR) is 126 cm³/mol. The van der Waals surface area contributed by atoms with Gasteiger partial charge in [-0.2, -0.15) is 0 Å². The minimum absolute atomic E-state index is 0. The average molecular weight is 516 g/mol. The molecule has 2 rings (SSSR count). The van der Waals surface area contributed by atoms with E-state index >= 15 is 0 Å². The molecule has 0 unspecified atom stereocenters. The summed E-state index contributed by atoms with van der Waals surface area (Å²) in [5, 5.41) is 11.6.